The lowest BCUT2D eigenvalue weighted by molar-refractivity contribution is -0.122. The molecule has 0 aliphatic rings. The molecule has 0 spiro atoms. The van der Waals surface area contributed by atoms with Crippen molar-refractivity contribution in [1.29, 1.82) is 0 Å². The van der Waals surface area contributed by atoms with Gasteiger partial charge in [-0.25, -0.2) is 0 Å². The highest BCUT2D eigenvalue weighted by molar-refractivity contribution is 5.98. The average Bonchev–Trinajstić information content (AvgIpc) is 2.69. The predicted molar refractivity (Wildman–Crippen MR) is 104 cm³/mol. The highest BCUT2D eigenvalue weighted by Crippen LogP contribution is 2.28. The van der Waals surface area contributed by atoms with Crippen molar-refractivity contribution in [3.8, 4) is 22.6 Å². The Morgan fingerprint density at radius 2 is 1.46 bits per heavy atom. The molecule has 0 saturated heterocycles. The molecule has 0 fully saturated rings. The summed E-state index contributed by atoms with van der Waals surface area (Å²) < 4.78 is 10.8. The van der Waals surface area contributed by atoms with Gasteiger partial charge in [0.15, 0.2) is 6.10 Å². The third kappa shape index (κ3) is 4.22. The largest absolute Gasteiger partial charge is 0.497 e. The summed E-state index contributed by atoms with van der Waals surface area (Å²) in [5, 5.41) is 2.96. The average molecular weight is 347 g/mol. The van der Waals surface area contributed by atoms with E-state index >= 15 is 0 Å². The van der Waals surface area contributed by atoms with Gasteiger partial charge in [0.25, 0.3) is 5.91 Å². The molecule has 1 atom stereocenters. The lowest BCUT2D eigenvalue weighted by Gasteiger charge is -2.17. The van der Waals surface area contributed by atoms with Gasteiger partial charge in [0.2, 0.25) is 0 Å². The Bertz CT molecular complexity index is 860. The number of ether oxygens (including phenoxy) is 2. The standard InChI is InChI=1S/C22H21NO3/c1-16(26-19-14-12-18(25-2)13-15-19)22(24)23-21-11-7-6-10-20(21)17-8-4-3-5-9-17/h3-16H,1-2H3,(H,23,24). The van der Waals surface area contributed by atoms with Crippen molar-refractivity contribution in [3.05, 3.63) is 78.9 Å². The van der Waals surface area contributed by atoms with E-state index in [4.69, 9.17) is 9.47 Å². The monoisotopic (exact) mass is 347 g/mol. The van der Waals surface area contributed by atoms with E-state index in [1.807, 2.05) is 54.6 Å². The van der Waals surface area contributed by atoms with Crippen molar-refractivity contribution in [3.63, 3.8) is 0 Å². The van der Waals surface area contributed by atoms with Gasteiger partial charge in [-0.2, -0.15) is 0 Å². The highest BCUT2D eigenvalue weighted by atomic mass is 16.5. The Kier molecular flexibility index (Phi) is 5.54. The third-order valence-electron chi connectivity index (χ3n) is 4.01. The summed E-state index contributed by atoms with van der Waals surface area (Å²) in [6, 6.07) is 24.8. The molecule has 3 aromatic carbocycles. The number of rotatable bonds is 6. The molecule has 0 aliphatic heterocycles. The Balaban J connectivity index is 1.71. The van der Waals surface area contributed by atoms with Crippen LogP contribution in [0.25, 0.3) is 11.1 Å². The van der Waals surface area contributed by atoms with E-state index in [1.54, 1.807) is 38.3 Å². The van der Waals surface area contributed by atoms with E-state index in [-0.39, 0.29) is 5.91 Å². The minimum atomic E-state index is -0.632. The van der Waals surface area contributed by atoms with Gasteiger partial charge in [-0.05, 0) is 42.8 Å². The molecule has 0 aliphatic carbocycles. The second-order valence-electron chi connectivity index (χ2n) is 5.84. The molecule has 1 amide bonds. The van der Waals surface area contributed by atoms with E-state index < -0.39 is 6.10 Å². The molecular weight excluding hydrogens is 326 g/mol. The SMILES string of the molecule is COc1ccc(OC(C)C(=O)Nc2ccccc2-c2ccccc2)cc1. The number of para-hydroxylation sites is 1. The molecule has 4 heteroatoms. The molecule has 26 heavy (non-hydrogen) atoms. The van der Waals surface area contributed by atoms with Gasteiger partial charge in [-0.1, -0.05) is 48.5 Å². The maximum Gasteiger partial charge on any atom is 0.265 e. The second kappa shape index (κ2) is 8.21. The summed E-state index contributed by atoms with van der Waals surface area (Å²) in [6.45, 7) is 1.73. The topological polar surface area (TPSA) is 47.6 Å². The molecular formula is C22H21NO3. The highest BCUT2D eigenvalue weighted by Gasteiger charge is 2.16. The van der Waals surface area contributed by atoms with Gasteiger partial charge >= 0.3 is 0 Å². The summed E-state index contributed by atoms with van der Waals surface area (Å²) in [5.41, 5.74) is 2.78. The number of carbonyl (C=O) groups excluding carboxylic acids is 1. The van der Waals surface area contributed by atoms with Crippen LogP contribution in [0.15, 0.2) is 78.9 Å². The Hall–Kier alpha value is -3.27. The van der Waals surface area contributed by atoms with Crippen molar-refractivity contribution in [2.24, 2.45) is 0 Å². The van der Waals surface area contributed by atoms with Crippen LogP contribution in [0.4, 0.5) is 5.69 Å². The zero-order valence-corrected chi connectivity index (χ0v) is 14.8. The van der Waals surface area contributed by atoms with Crippen molar-refractivity contribution in [2.75, 3.05) is 12.4 Å². The van der Waals surface area contributed by atoms with Crippen LogP contribution in [0.3, 0.4) is 0 Å². The minimum Gasteiger partial charge on any atom is -0.497 e. The fourth-order valence-corrected chi connectivity index (χ4v) is 2.61. The van der Waals surface area contributed by atoms with Gasteiger partial charge in [-0.3, -0.25) is 4.79 Å². The number of hydrogen-bond donors (Lipinski definition) is 1. The van der Waals surface area contributed by atoms with Gasteiger partial charge in [0.05, 0.1) is 7.11 Å². The number of carbonyl (C=O) groups is 1. The van der Waals surface area contributed by atoms with E-state index in [9.17, 15) is 4.79 Å². The molecule has 0 bridgehead atoms. The Morgan fingerprint density at radius 3 is 2.15 bits per heavy atom. The van der Waals surface area contributed by atoms with Gasteiger partial charge < -0.3 is 14.8 Å². The Morgan fingerprint density at radius 1 is 0.846 bits per heavy atom. The fraction of sp³-hybridized carbons (Fsp3) is 0.136. The number of nitrogens with one attached hydrogen (secondary N) is 1. The van der Waals surface area contributed by atoms with Crippen LogP contribution in [-0.2, 0) is 4.79 Å². The van der Waals surface area contributed by atoms with E-state index in [0.717, 1.165) is 22.6 Å². The zero-order valence-electron chi connectivity index (χ0n) is 14.8. The van der Waals surface area contributed by atoms with E-state index in [1.165, 1.54) is 0 Å². The van der Waals surface area contributed by atoms with Gasteiger partial charge in [-0.15, -0.1) is 0 Å². The maximum atomic E-state index is 12.6. The fourth-order valence-electron chi connectivity index (χ4n) is 2.61. The number of anilines is 1. The van der Waals surface area contributed by atoms with Gasteiger partial charge in [0.1, 0.15) is 11.5 Å². The first-order valence-corrected chi connectivity index (χ1v) is 8.43. The van der Waals surface area contributed by atoms with E-state index in [0.29, 0.717) is 5.75 Å². The van der Waals surface area contributed by atoms with Crippen LogP contribution in [0.1, 0.15) is 6.92 Å². The van der Waals surface area contributed by atoms with Crippen LogP contribution in [0.2, 0.25) is 0 Å². The van der Waals surface area contributed by atoms with Crippen molar-refractivity contribution < 1.29 is 14.3 Å². The lowest BCUT2D eigenvalue weighted by Crippen LogP contribution is -2.30. The number of methoxy groups -OCH3 is 1. The second-order valence-corrected chi connectivity index (χ2v) is 5.84. The molecule has 4 nitrogen and oxygen atoms in total. The van der Waals surface area contributed by atoms with Crippen molar-refractivity contribution in [2.45, 2.75) is 13.0 Å². The number of benzene rings is 3. The molecule has 1 N–H and O–H groups in total. The molecule has 132 valence electrons. The van der Waals surface area contributed by atoms with Crippen LogP contribution in [0.5, 0.6) is 11.5 Å². The normalized spacial score (nSPS) is 11.5. The van der Waals surface area contributed by atoms with Gasteiger partial charge in [0, 0.05) is 11.3 Å². The molecule has 3 rings (SSSR count). The summed E-state index contributed by atoms with van der Waals surface area (Å²) in [4.78, 5) is 12.6. The van der Waals surface area contributed by atoms with Crippen LogP contribution in [-0.4, -0.2) is 19.1 Å². The van der Waals surface area contributed by atoms with Crippen molar-refractivity contribution in [1.82, 2.24) is 0 Å². The molecule has 0 saturated carbocycles. The van der Waals surface area contributed by atoms with Crippen molar-refractivity contribution >= 4 is 11.6 Å². The minimum absolute atomic E-state index is 0.204. The van der Waals surface area contributed by atoms with Crippen LogP contribution >= 0.6 is 0 Å². The Labute approximate surface area is 153 Å². The summed E-state index contributed by atoms with van der Waals surface area (Å²) in [7, 11) is 1.61. The summed E-state index contributed by atoms with van der Waals surface area (Å²) in [5.74, 6) is 1.15. The summed E-state index contributed by atoms with van der Waals surface area (Å²) >= 11 is 0. The zero-order chi connectivity index (χ0) is 18.4. The first-order valence-electron chi connectivity index (χ1n) is 8.43. The summed E-state index contributed by atoms with van der Waals surface area (Å²) in [6.07, 6.45) is -0.632. The first-order chi connectivity index (χ1) is 12.7. The lowest BCUT2D eigenvalue weighted by atomic mass is 10.0. The first kappa shape index (κ1) is 17.5. The smallest absolute Gasteiger partial charge is 0.265 e. The van der Waals surface area contributed by atoms with Crippen LogP contribution in [0, 0.1) is 0 Å². The molecule has 1 unspecified atom stereocenters. The maximum absolute atomic E-state index is 12.6. The number of hydrogen-bond acceptors (Lipinski definition) is 3. The molecule has 3 aromatic rings. The molecule has 0 aromatic heterocycles. The number of amides is 1. The predicted octanol–water partition coefficient (Wildman–Crippen LogP) is 4.77. The van der Waals surface area contributed by atoms with Crippen LogP contribution < -0.4 is 14.8 Å². The molecule has 0 heterocycles. The van der Waals surface area contributed by atoms with E-state index in [2.05, 4.69) is 5.32 Å². The third-order valence-corrected chi connectivity index (χ3v) is 4.01. The quantitative estimate of drug-likeness (QED) is 0.699. The molecule has 0 radical (unpaired) electrons.